The molecule has 26 heavy (non-hydrogen) atoms. The molecular weight excluding hydrogens is 651 g/mol. The van der Waals surface area contributed by atoms with Gasteiger partial charge in [0.05, 0.1) is 25.8 Å². The number of hydrogen-bond donors (Lipinski definition) is 2. The molecule has 0 aliphatic rings. The predicted molar refractivity (Wildman–Crippen MR) is 118 cm³/mol. The van der Waals surface area contributed by atoms with Gasteiger partial charge in [-0.15, -0.1) is 0 Å². The van der Waals surface area contributed by atoms with Crippen LogP contribution in [0.4, 0.5) is 0 Å². The van der Waals surface area contributed by atoms with Crippen LogP contribution in [0.5, 0.6) is 17.2 Å². The first-order chi connectivity index (χ1) is 12.3. The van der Waals surface area contributed by atoms with Gasteiger partial charge in [0.1, 0.15) is 5.75 Å². The average Bonchev–Trinajstić information content (AvgIpc) is 2.56. The Morgan fingerprint density at radius 1 is 1.27 bits per heavy atom. The molecule has 6 nitrogen and oxygen atoms in total. The number of hydrazone groups is 1. The van der Waals surface area contributed by atoms with E-state index in [-0.39, 0.29) is 12.4 Å². The molecule has 0 fully saturated rings. The third-order valence-electron chi connectivity index (χ3n) is 2.98. The van der Waals surface area contributed by atoms with Crippen LogP contribution in [0.15, 0.2) is 42.8 Å². The molecule has 0 aromatic heterocycles. The number of ether oxygens (including phenoxy) is 2. The van der Waals surface area contributed by atoms with Crippen molar-refractivity contribution in [2.45, 2.75) is 0 Å². The largest absolute Gasteiger partial charge is 0.504 e. The Bertz CT molecular complexity index is 839. The minimum Gasteiger partial charge on any atom is -0.504 e. The van der Waals surface area contributed by atoms with Crippen molar-refractivity contribution in [1.82, 2.24) is 5.43 Å². The summed E-state index contributed by atoms with van der Waals surface area (Å²) in [6, 6.07) is 6.95. The number of hydrogen-bond acceptors (Lipinski definition) is 5. The first-order valence-corrected chi connectivity index (χ1v) is 10.4. The Morgan fingerprint density at radius 2 is 1.92 bits per heavy atom. The lowest BCUT2D eigenvalue weighted by atomic mass is 10.2. The molecular formula is C16H12Br3IN2O4. The maximum atomic E-state index is 11.9. The zero-order chi connectivity index (χ0) is 19.3. The van der Waals surface area contributed by atoms with Crippen molar-refractivity contribution >= 4 is 82.5 Å². The molecule has 0 aliphatic heterocycles. The van der Waals surface area contributed by atoms with Crippen LogP contribution in [0, 0.1) is 3.57 Å². The Hall–Kier alpha value is -0.850. The van der Waals surface area contributed by atoms with Gasteiger partial charge in [0.2, 0.25) is 0 Å². The number of amides is 1. The quantitative estimate of drug-likeness (QED) is 0.264. The number of phenolic OH excluding ortho intramolecular Hbond substituents is 1. The van der Waals surface area contributed by atoms with E-state index in [1.807, 2.05) is 34.7 Å². The lowest BCUT2D eigenvalue weighted by Crippen LogP contribution is -2.24. The van der Waals surface area contributed by atoms with E-state index in [1.165, 1.54) is 13.3 Å². The highest BCUT2D eigenvalue weighted by atomic mass is 127. The van der Waals surface area contributed by atoms with Crippen LogP contribution in [0.3, 0.4) is 0 Å². The highest BCUT2D eigenvalue weighted by molar-refractivity contribution is 14.1. The molecule has 138 valence electrons. The van der Waals surface area contributed by atoms with Crippen molar-refractivity contribution in [2.24, 2.45) is 5.10 Å². The van der Waals surface area contributed by atoms with Crippen molar-refractivity contribution in [3.05, 3.63) is 46.8 Å². The fourth-order valence-corrected chi connectivity index (χ4v) is 4.95. The van der Waals surface area contributed by atoms with Gasteiger partial charge in [-0.2, -0.15) is 5.10 Å². The van der Waals surface area contributed by atoms with Gasteiger partial charge < -0.3 is 14.6 Å². The van der Waals surface area contributed by atoms with E-state index in [0.29, 0.717) is 29.6 Å². The highest BCUT2D eigenvalue weighted by Crippen LogP contribution is 2.36. The number of carbonyl (C=O) groups excluding carboxylic acids is 1. The van der Waals surface area contributed by atoms with Gasteiger partial charge in [-0.05, 0) is 84.3 Å². The molecule has 2 aromatic carbocycles. The first-order valence-electron chi connectivity index (χ1n) is 6.97. The number of carbonyl (C=O) groups is 1. The third-order valence-corrected chi connectivity index (χ3v) is 5.44. The van der Waals surface area contributed by atoms with Crippen LogP contribution < -0.4 is 14.9 Å². The SMILES string of the molecule is COc1cc(C=NNC(=O)COc2c(Br)cc(Br)cc2Br)cc(I)c1O. The van der Waals surface area contributed by atoms with Gasteiger partial charge in [0.15, 0.2) is 18.1 Å². The van der Waals surface area contributed by atoms with Crippen LogP contribution in [0.2, 0.25) is 0 Å². The Balaban J connectivity index is 1.95. The molecule has 0 saturated heterocycles. The second-order valence-corrected chi connectivity index (χ2v) is 8.62. The summed E-state index contributed by atoms with van der Waals surface area (Å²) in [5.41, 5.74) is 3.05. The van der Waals surface area contributed by atoms with Crippen LogP contribution in [0.25, 0.3) is 0 Å². The average molecular weight is 663 g/mol. The fourth-order valence-electron chi connectivity index (χ4n) is 1.84. The van der Waals surface area contributed by atoms with Gasteiger partial charge in [0.25, 0.3) is 5.91 Å². The highest BCUT2D eigenvalue weighted by Gasteiger charge is 2.11. The topological polar surface area (TPSA) is 80.2 Å². The molecule has 0 saturated carbocycles. The number of rotatable bonds is 6. The maximum Gasteiger partial charge on any atom is 0.277 e. The second-order valence-electron chi connectivity index (χ2n) is 4.83. The summed E-state index contributed by atoms with van der Waals surface area (Å²) in [4.78, 5) is 11.9. The van der Waals surface area contributed by atoms with Crippen LogP contribution in [-0.4, -0.2) is 30.9 Å². The number of halogens is 4. The van der Waals surface area contributed by atoms with E-state index in [0.717, 1.165) is 4.47 Å². The second kappa shape index (κ2) is 9.90. The molecule has 0 atom stereocenters. The minimum absolute atomic E-state index is 0.0633. The monoisotopic (exact) mass is 660 g/mol. The van der Waals surface area contributed by atoms with Gasteiger partial charge in [-0.3, -0.25) is 4.79 Å². The van der Waals surface area contributed by atoms with Crippen molar-refractivity contribution < 1.29 is 19.4 Å². The van der Waals surface area contributed by atoms with Crippen molar-refractivity contribution in [1.29, 1.82) is 0 Å². The fraction of sp³-hybridized carbons (Fsp3) is 0.125. The van der Waals surface area contributed by atoms with Gasteiger partial charge in [0, 0.05) is 4.47 Å². The summed E-state index contributed by atoms with van der Waals surface area (Å²) in [6.45, 7) is -0.202. The number of methoxy groups -OCH3 is 1. The minimum atomic E-state index is -0.414. The van der Waals surface area contributed by atoms with E-state index in [2.05, 4.69) is 58.3 Å². The summed E-state index contributed by atoms with van der Waals surface area (Å²) in [5, 5.41) is 13.7. The van der Waals surface area contributed by atoms with E-state index in [9.17, 15) is 9.90 Å². The van der Waals surface area contributed by atoms with E-state index >= 15 is 0 Å². The summed E-state index contributed by atoms with van der Waals surface area (Å²) >= 11 is 12.1. The third kappa shape index (κ3) is 5.83. The summed E-state index contributed by atoms with van der Waals surface area (Å²) in [5.74, 6) is 0.500. The first kappa shape index (κ1) is 21.5. The van der Waals surface area contributed by atoms with Crippen molar-refractivity contribution in [3.8, 4) is 17.2 Å². The summed E-state index contributed by atoms with van der Waals surface area (Å²) < 4.78 is 13.5. The molecule has 2 N–H and O–H groups in total. The van der Waals surface area contributed by atoms with E-state index in [1.54, 1.807) is 12.1 Å². The number of benzene rings is 2. The van der Waals surface area contributed by atoms with Crippen LogP contribution >= 0.6 is 70.4 Å². The molecule has 2 rings (SSSR count). The van der Waals surface area contributed by atoms with Gasteiger partial charge >= 0.3 is 0 Å². The maximum absolute atomic E-state index is 11.9. The van der Waals surface area contributed by atoms with Crippen molar-refractivity contribution in [2.75, 3.05) is 13.7 Å². The Morgan fingerprint density at radius 3 is 2.54 bits per heavy atom. The molecule has 1 amide bonds. The molecule has 0 aliphatic carbocycles. The predicted octanol–water partition coefficient (Wildman–Crippen LogP) is 4.82. The van der Waals surface area contributed by atoms with Gasteiger partial charge in [-0.1, -0.05) is 15.9 Å². The van der Waals surface area contributed by atoms with Crippen LogP contribution in [0.1, 0.15) is 5.56 Å². The zero-order valence-electron chi connectivity index (χ0n) is 13.2. The lowest BCUT2D eigenvalue weighted by Gasteiger charge is -2.10. The summed E-state index contributed by atoms with van der Waals surface area (Å²) in [6.07, 6.45) is 1.45. The zero-order valence-corrected chi connectivity index (χ0v) is 20.1. The molecule has 0 spiro atoms. The smallest absolute Gasteiger partial charge is 0.277 e. The van der Waals surface area contributed by atoms with Crippen LogP contribution in [-0.2, 0) is 4.79 Å². The van der Waals surface area contributed by atoms with E-state index in [4.69, 9.17) is 9.47 Å². The molecule has 0 unspecified atom stereocenters. The lowest BCUT2D eigenvalue weighted by molar-refractivity contribution is -0.123. The van der Waals surface area contributed by atoms with Gasteiger partial charge in [-0.25, -0.2) is 5.43 Å². The Labute approximate surface area is 188 Å². The molecule has 0 heterocycles. The standard InChI is InChI=1S/C16H12Br3IN2O4/c1-25-13-3-8(2-12(20)15(13)24)6-21-22-14(23)7-26-16-10(18)4-9(17)5-11(16)19/h2-6,24H,7H2,1H3,(H,22,23). The number of aromatic hydroxyl groups is 1. The normalized spacial score (nSPS) is 10.8. The van der Waals surface area contributed by atoms with E-state index < -0.39 is 5.91 Å². The number of nitrogens with one attached hydrogen (secondary N) is 1. The molecule has 2 aromatic rings. The Kier molecular flexibility index (Phi) is 8.17. The molecule has 0 radical (unpaired) electrons. The molecule has 10 heteroatoms. The van der Waals surface area contributed by atoms with Crippen molar-refractivity contribution in [3.63, 3.8) is 0 Å². The summed E-state index contributed by atoms with van der Waals surface area (Å²) in [7, 11) is 1.46. The molecule has 0 bridgehead atoms. The number of nitrogens with zero attached hydrogens (tertiary/aromatic N) is 1. The number of phenols is 1.